The predicted octanol–water partition coefficient (Wildman–Crippen LogP) is 2.76. The fraction of sp³-hybridized carbons (Fsp3) is 0.750. The van der Waals surface area contributed by atoms with Gasteiger partial charge in [0.1, 0.15) is 4.75 Å². The van der Waals surface area contributed by atoms with Crippen LogP contribution in [0.2, 0.25) is 0 Å². The van der Waals surface area contributed by atoms with E-state index in [4.69, 9.17) is 0 Å². The van der Waals surface area contributed by atoms with Gasteiger partial charge in [0, 0.05) is 11.4 Å². The summed E-state index contributed by atoms with van der Waals surface area (Å²) in [6.45, 7) is 10.7. The Labute approximate surface area is 107 Å². The molecule has 0 bridgehead atoms. The van der Waals surface area contributed by atoms with Gasteiger partial charge in [0.25, 0.3) is 0 Å². The summed E-state index contributed by atoms with van der Waals surface area (Å²) in [5.41, 5.74) is 0.570. The number of halogens is 1. The molecule has 0 aromatic carbocycles. The number of hydrogen-bond acceptors (Lipinski definition) is 3. The van der Waals surface area contributed by atoms with E-state index in [2.05, 4.69) is 9.71 Å². The normalized spacial score (nSPS) is 19.4. The summed E-state index contributed by atoms with van der Waals surface area (Å²) in [5, 5.41) is 0. The molecule has 0 heterocycles. The summed E-state index contributed by atoms with van der Waals surface area (Å²) in [6.07, 6.45) is 2.26. The monoisotopic (exact) mass is 262 g/mol. The zero-order chi connectivity index (χ0) is 13.6. The molecule has 0 radical (unpaired) electrons. The van der Waals surface area contributed by atoms with E-state index >= 15 is 0 Å². The lowest BCUT2D eigenvalue weighted by molar-refractivity contribution is 0.375. The average Bonchev–Trinajstić information content (AvgIpc) is 2.14. The summed E-state index contributed by atoms with van der Waals surface area (Å²) in [5.74, 6) is 0. The molecule has 0 fully saturated rings. The van der Waals surface area contributed by atoms with Crippen molar-refractivity contribution in [3.8, 4) is 0 Å². The van der Waals surface area contributed by atoms with E-state index in [-0.39, 0.29) is 10.8 Å². The molecule has 2 unspecified atom stereocenters. The van der Waals surface area contributed by atoms with Crippen molar-refractivity contribution in [2.75, 3.05) is 0 Å². The Balaban J connectivity index is 4.70. The largest absolute Gasteiger partial charge is 0.598 e. The van der Waals surface area contributed by atoms with Gasteiger partial charge in [-0.2, -0.15) is 0 Å². The second kappa shape index (κ2) is 7.13. The number of nitrogens with one attached hydrogen (secondary N) is 1. The molecule has 0 aromatic heterocycles. The Bertz CT molecular complexity index is 285. The molecule has 100 valence electrons. The highest BCUT2D eigenvalue weighted by Gasteiger charge is 2.28. The van der Waals surface area contributed by atoms with Crippen molar-refractivity contribution in [3.63, 3.8) is 0 Å². The Morgan fingerprint density at radius 1 is 1.41 bits per heavy atom. The molecule has 0 aliphatic heterocycles. The molecule has 0 aliphatic rings. The van der Waals surface area contributed by atoms with Crippen LogP contribution < -0.4 is 4.72 Å². The second-order valence-electron chi connectivity index (χ2n) is 4.85. The Morgan fingerprint density at radius 2 is 1.94 bits per heavy atom. The fourth-order valence-corrected chi connectivity index (χ4v) is 1.87. The van der Waals surface area contributed by atoms with Crippen LogP contribution in [0.15, 0.2) is 17.1 Å². The van der Waals surface area contributed by atoms with Gasteiger partial charge in [-0.15, -0.1) is 4.72 Å². The topological polar surface area (TPSA) is 47.5 Å². The van der Waals surface area contributed by atoms with Gasteiger partial charge in [0.2, 0.25) is 0 Å². The molecule has 5 heteroatoms. The smallest absolute Gasteiger partial charge is 0.187 e. The molecule has 0 rings (SSSR count). The molecule has 0 amide bonds. The van der Waals surface area contributed by atoms with Crippen molar-refractivity contribution >= 4 is 17.1 Å². The molecule has 0 spiro atoms. The molecule has 0 saturated heterocycles. The second-order valence-corrected chi connectivity index (χ2v) is 6.85. The van der Waals surface area contributed by atoms with Crippen LogP contribution in [-0.4, -0.2) is 27.3 Å². The fourth-order valence-electron chi connectivity index (χ4n) is 1.07. The summed E-state index contributed by atoms with van der Waals surface area (Å²) >= 11 is -1.19. The third kappa shape index (κ3) is 6.81. The van der Waals surface area contributed by atoms with E-state index in [1.807, 2.05) is 34.6 Å². The van der Waals surface area contributed by atoms with Crippen LogP contribution in [0.5, 0.6) is 0 Å². The first-order chi connectivity index (χ1) is 7.68. The van der Waals surface area contributed by atoms with Gasteiger partial charge in [-0.25, -0.2) is 4.39 Å². The van der Waals surface area contributed by atoms with Crippen LogP contribution >= 0.6 is 0 Å². The van der Waals surface area contributed by atoms with Crippen LogP contribution in [0, 0.1) is 0 Å². The van der Waals surface area contributed by atoms with Gasteiger partial charge in [-0.05, 0) is 47.6 Å². The number of alkyl halides is 1. The molecule has 1 N–H and O–H groups in total. The van der Waals surface area contributed by atoms with Crippen molar-refractivity contribution in [1.82, 2.24) is 4.72 Å². The van der Waals surface area contributed by atoms with E-state index in [1.165, 1.54) is 6.92 Å². The maximum Gasteiger partial charge on any atom is 0.187 e. The first-order valence-electron chi connectivity index (χ1n) is 5.71. The number of aliphatic imine (C=N–C) groups is 1. The Morgan fingerprint density at radius 3 is 2.29 bits per heavy atom. The standard InChI is InChI=1S/C12H23FN2OS/c1-7-8-11(14-10(3)13)9(2)15-17(16)12(4,5)6/h7-10,15H,1-6H3/b8-7-,14-11?/t9-,10?,17?/m0/s1. The minimum atomic E-state index is -1.26. The molecular weight excluding hydrogens is 239 g/mol. The van der Waals surface area contributed by atoms with E-state index in [9.17, 15) is 8.94 Å². The number of nitrogens with zero attached hydrogens (tertiary/aromatic N) is 1. The van der Waals surface area contributed by atoms with Crippen LogP contribution in [0.25, 0.3) is 0 Å². The minimum Gasteiger partial charge on any atom is -0.598 e. The molecule has 3 nitrogen and oxygen atoms in total. The van der Waals surface area contributed by atoms with Crippen molar-refractivity contribution < 1.29 is 8.94 Å². The van der Waals surface area contributed by atoms with E-state index in [0.29, 0.717) is 5.71 Å². The molecule has 0 saturated carbocycles. The van der Waals surface area contributed by atoms with Crippen LogP contribution in [0.1, 0.15) is 41.5 Å². The summed E-state index contributed by atoms with van der Waals surface area (Å²) < 4.78 is 27.4. The van der Waals surface area contributed by atoms with Gasteiger partial charge < -0.3 is 4.55 Å². The Hall–Kier alpha value is -0.390. The summed E-state index contributed by atoms with van der Waals surface area (Å²) in [7, 11) is 0. The highest BCUT2D eigenvalue weighted by molar-refractivity contribution is 7.90. The quantitative estimate of drug-likeness (QED) is 0.470. The molecule has 0 aromatic rings. The summed E-state index contributed by atoms with van der Waals surface area (Å²) in [4.78, 5) is 3.87. The zero-order valence-corrected chi connectivity index (χ0v) is 12.3. The van der Waals surface area contributed by atoms with E-state index < -0.39 is 17.7 Å². The van der Waals surface area contributed by atoms with Crippen LogP contribution in [0.4, 0.5) is 4.39 Å². The van der Waals surface area contributed by atoms with E-state index in [0.717, 1.165) is 0 Å². The minimum absolute atomic E-state index is 0.246. The number of hydrogen-bond donors (Lipinski definition) is 1. The summed E-state index contributed by atoms with van der Waals surface area (Å²) in [6, 6.07) is -0.246. The molecule has 3 atom stereocenters. The predicted molar refractivity (Wildman–Crippen MR) is 73.3 cm³/mol. The van der Waals surface area contributed by atoms with Crippen molar-refractivity contribution in [1.29, 1.82) is 0 Å². The van der Waals surface area contributed by atoms with Crippen molar-refractivity contribution in [2.24, 2.45) is 4.99 Å². The Kier molecular flexibility index (Phi) is 6.97. The van der Waals surface area contributed by atoms with Crippen LogP contribution in [-0.2, 0) is 11.4 Å². The highest BCUT2D eigenvalue weighted by atomic mass is 32.2. The number of rotatable bonds is 5. The molecule has 17 heavy (non-hydrogen) atoms. The maximum atomic E-state index is 12.9. The van der Waals surface area contributed by atoms with Crippen molar-refractivity contribution in [2.45, 2.75) is 58.6 Å². The lowest BCUT2D eigenvalue weighted by atomic mass is 10.2. The van der Waals surface area contributed by atoms with E-state index in [1.54, 1.807) is 12.2 Å². The third-order valence-electron chi connectivity index (χ3n) is 1.95. The molecule has 0 aliphatic carbocycles. The zero-order valence-electron chi connectivity index (χ0n) is 11.5. The van der Waals surface area contributed by atoms with Gasteiger partial charge >= 0.3 is 0 Å². The van der Waals surface area contributed by atoms with Crippen molar-refractivity contribution in [3.05, 3.63) is 12.2 Å². The third-order valence-corrected chi connectivity index (χ3v) is 3.63. The highest BCUT2D eigenvalue weighted by Crippen LogP contribution is 2.14. The lowest BCUT2D eigenvalue weighted by Gasteiger charge is -2.26. The number of allylic oxidation sites excluding steroid dienone is 1. The average molecular weight is 262 g/mol. The lowest BCUT2D eigenvalue weighted by Crippen LogP contribution is -2.46. The van der Waals surface area contributed by atoms with Gasteiger partial charge in [0.15, 0.2) is 6.30 Å². The SMILES string of the molecule is C/C=C\C(=NC(C)F)[C@H](C)N[S+]([O-])C(C)(C)C. The van der Waals surface area contributed by atoms with Crippen LogP contribution in [0.3, 0.4) is 0 Å². The van der Waals surface area contributed by atoms with Gasteiger partial charge in [-0.1, -0.05) is 6.08 Å². The van der Waals surface area contributed by atoms with Gasteiger partial charge in [0.05, 0.1) is 11.8 Å². The van der Waals surface area contributed by atoms with Gasteiger partial charge in [-0.3, -0.25) is 4.99 Å². The first kappa shape index (κ1) is 16.6. The maximum absolute atomic E-state index is 12.9. The first-order valence-corrected chi connectivity index (χ1v) is 6.86. The molecular formula is C12H23FN2OS.